The van der Waals surface area contributed by atoms with Crippen LogP contribution in [0.1, 0.15) is 36.5 Å². The summed E-state index contributed by atoms with van der Waals surface area (Å²) in [5, 5.41) is 3.22. The molecule has 4 rings (SSSR count). The number of carbonyl (C=O) groups is 1. The van der Waals surface area contributed by atoms with Crippen LogP contribution in [0.2, 0.25) is 0 Å². The van der Waals surface area contributed by atoms with Gasteiger partial charge >= 0.3 is 0 Å². The third-order valence-corrected chi connectivity index (χ3v) is 4.57. The summed E-state index contributed by atoms with van der Waals surface area (Å²) >= 11 is 0. The minimum absolute atomic E-state index is 0.000420. The maximum atomic E-state index is 12.6. The molecule has 21 heavy (non-hydrogen) atoms. The number of piperidine rings is 3. The lowest BCUT2D eigenvalue weighted by atomic mass is 9.84. The van der Waals surface area contributed by atoms with Crippen LogP contribution in [-0.4, -0.2) is 43.1 Å². The van der Waals surface area contributed by atoms with Crippen LogP contribution in [0.4, 0.5) is 0 Å². The van der Waals surface area contributed by atoms with E-state index >= 15 is 0 Å². The van der Waals surface area contributed by atoms with Crippen LogP contribution in [0.15, 0.2) is 24.3 Å². The molecule has 3 heterocycles. The molecule has 1 aromatic carbocycles. The van der Waals surface area contributed by atoms with Crippen molar-refractivity contribution in [2.75, 3.05) is 26.2 Å². The second kappa shape index (κ2) is 6.48. The molecule has 1 amide bonds. The van der Waals surface area contributed by atoms with E-state index in [-0.39, 0.29) is 5.91 Å². The van der Waals surface area contributed by atoms with Crippen LogP contribution in [0.25, 0.3) is 0 Å². The molecule has 1 atom stereocenters. The van der Waals surface area contributed by atoms with Gasteiger partial charge in [-0.15, -0.1) is 0 Å². The second-order valence-corrected chi connectivity index (χ2v) is 6.06. The predicted molar refractivity (Wildman–Crippen MR) is 82.6 cm³/mol. The number of benzene rings is 1. The molecule has 0 radical (unpaired) electrons. The van der Waals surface area contributed by atoms with Crippen molar-refractivity contribution >= 4 is 5.91 Å². The summed E-state index contributed by atoms with van der Waals surface area (Å²) in [5.41, 5.74) is 0.655. The summed E-state index contributed by atoms with van der Waals surface area (Å²) in [6.45, 7) is 6.08. The molecule has 4 heteroatoms. The molecule has 1 aromatic rings. The lowest BCUT2D eigenvalue weighted by Crippen LogP contribution is -2.57. The Kier molecular flexibility index (Phi) is 4.44. The summed E-state index contributed by atoms with van der Waals surface area (Å²) in [6.07, 6.45) is 3.35. The molecule has 114 valence electrons. The first-order valence-electron chi connectivity index (χ1n) is 8.03. The normalized spacial score (nSPS) is 27.4. The molecule has 0 saturated carbocycles. The number of carbonyl (C=O) groups excluding carboxylic acids is 1. The van der Waals surface area contributed by atoms with E-state index in [4.69, 9.17) is 4.74 Å². The van der Waals surface area contributed by atoms with Gasteiger partial charge in [0.25, 0.3) is 5.91 Å². The van der Waals surface area contributed by atoms with Gasteiger partial charge in [-0.25, -0.2) is 0 Å². The Morgan fingerprint density at radius 3 is 2.76 bits per heavy atom. The summed E-state index contributed by atoms with van der Waals surface area (Å²) < 4.78 is 5.69. The van der Waals surface area contributed by atoms with E-state index in [2.05, 4.69) is 17.1 Å². The third kappa shape index (κ3) is 3.21. The lowest BCUT2D eigenvalue weighted by Gasteiger charge is -2.44. The van der Waals surface area contributed by atoms with E-state index in [1.54, 1.807) is 0 Å². The monoisotopic (exact) mass is 288 g/mol. The maximum absolute atomic E-state index is 12.6. The SMILES string of the molecule is CCCOc1ccccc1C(=O)N[C@H]1CN2CCC1CC2. The predicted octanol–water partition coefficient (Wildman–Crippen LogP) is 2.30. The second-order valence-electron chi connectivity index (χ2n) is 6.06. The largest absolute Gasteiger partial charge is 0.493 e. The van der Waals surface area contributed by atoms with Gasteiger partial charge in [-0.05, 0) is 50.4 Å². The van der Waals surface area contributed by atoms with Crippen LogP contribution >= 0.6 is 0 Å². The Balaban J connectivity index is 1.68. The van der Waals surface area contributed by atoms with Crippen molar-refractivity contribution in [2.24, 2.45) is 5.92 Å². The third-order valence-electron chi connectivity index (χ3n) is 4.57. The Hall–Kier alpha value is -1.55. The highest BCUT2D eigenvalue weighted by Crippen LogP contribution is 2.28. The number of nitrogens with zero attached hydrogens (tertiary/aromatic N) is 1. The van der Waals surface area contributed by atoms with Gasteiger partial charge < -0.3 is 15.0 Å². The number of para-hydroxylation sites is 1. The Labute approximate surface area is 126 Å². The molecular formula is C17H24N2O2. The fraction of sp³-hybridized carbons (Fsp3) is 0.588. The Bertz CT molecular complexity index is 495. The fourth-order valence-corrected chi connectivity index (χ4v) is 3.37. The molecule has 1 N–H and O–H groups in total. The highest BCUT2D eigenvalue weighted by Gasteiger charge is 2.35. The van der Waals surface area contributed by atoms with E-state index in [0.29, 0.717) is 29.9 Å². The summed E-state index contributed by atoms with van der Waals surface area (Å²) in [7, 11) is 0. The summed E-state index contributed by atoms with van der Waals surface area (Å²) in [4.78, 5) is 15.0. The minimum atomic E-state index is 0.000420. The van der Waals surface area contributed by atoms with Gasteiger partial charge in [-0.1, -0.05) is 19.1 Å². The van der Waals surface area contributed by atoms with Gasteiger partial charge in [-0.3, -0.25) is 4.79 Å². The first kappa shape index (κ1) is 14.4. The first-order chi connectivity index (χ1) is 10.3. The highest BCUT2D eigenvalue weighted by atomic mass is 16.5. The molecule has 2 bridgehead atoms. The van der Waals surface area contributed by atoms with E-state index in [1.807, 2.05) is 24.3 Å². The molecular weight excluding hydrogens is 264 g/mol. The quantitative estimate of drug-likeness (QED) is 0.904. The Morgan fingerprint density at radius 1 is 1.33 bits per heavy atom. The number of amides is 1. The molecule has 3 saturated heterocycles. The fourth-order valence-electron chi connectivity index (χ4n) is 3.37. The molecule has 3 fully saturated rings. The van der Waals surface area contributed by atoms with Crippen molar-refractivity contribution in [2.45, 2.75) is 32.2 Å². The van der Waals surface area contributed by atoms with Gasteiger partial charge in [0.1, 0.15) is 5.75 Å². The smallest absolute Gasteiger partial charge is 0.255 e. The average molecular weight is 288 g/mol. The maximum Gasteiger partial charge on any atom is 0.255 e. The van der Waals surface area contributed by atoms with Crippen molar-refractivity contribution in [1.82, 2.24) is 10.2 Å². The van der Waals surface area contributed by atoms with Gasteiger partial charge in [0, 0.05) is 12.6 Å². The van der Waals surface area contributed by atoms with Gasteiger partial charge in [0.15, 0.2) is 0 Å². The summed E-state index contributed by atoms with van der Waals surface area (Å²) in [5.74, 6) is 1.33. The Morgan fingerprint density at radius 2 is 2.10 bits per heavy atom. The number of hydrogen-bond acceptors (Lipinski definition) is 3. The molecule has 0 unspecified atom stereocenters. The number of nitrogens with one attached hydrogen (secondary N) is 1. The van der Waals surface area contributed by atoms with E-state index in [1.165, 1.54) is 25.9 Å². The number of fused-ring (bicyclic) bond motifs is 3. The number of rotatable bonds is 5. The van der Waals surface area contributed by atoms with Crippen LogP contribution in [0, 0.1) is 5.92 Å². The van der Waals surface area contributed by atoms with E-state index in [9.17, 15) is 4.79 Å². The van der Waals surface area contributed by atoms with Crippen LogP contribution in [-0.2, 0) is 0 Å². The summed E-state index contributed by atoms with van der Waals surface area (Å²) in [6, 6.07) is 7.82. The lowest BCUT2D eigenvalue weighted by molar-refractivity contribution is 0.0618. The van der Waals surface area contributed by atoms with Gasteiger partial charge in [0.05, 0.1) is 12.2 Å². The molecule has 4 nitrogen and oxygen atoms in total. The minimum Gasteiger partial charge on any atom is -0.493 e. The van der Waals surface area contributed by atoms with Gasteiger partial charge in [0.2, 0.25) is 0 Å². The zero-order chi connectivity index (χ0) is 14.7. The molecule has 0 aromatic heterocycles. The zero-order valence-corrected chi connectivity index (χ0v) is 12.7. The molecule has 3 aliphatic heterocycles. The van der Waals surface area contributed by atoms with Gasteiger partial charge in [-0.2, -0.15) is 0 Å². The van der Waals surface area contributed by atoms with Crippen molar-refractivity contribution in [3.63, 3.8) is 0 Å². The molecule has 0 aliphatic carbocycles. The van der Waals surface area contributed by atoms with Crippen molar-refractivity contribution < 1.29 is 9.53 Å². The number of ether oxygens (including phenoxy) is 1. The van der Waals surface area contributed by atoms with Crippen LogP contribution < -0.4 is 10.1 Å². The van der Waals surface area contributed by atoms with Crippen molar-refractivity contribution in [3.8, 4) is 5.75 Å². The number of hydrogen-bond donors (Lipinski definition) is 1. The molecule has 3 aliphatic rings. The van der Waals surface area contributed by atoms with Crippen LogP contribution in [0.5, 0.6) is 5.75 Å². The highest BCUT2D eigenvalue weighted by molar-refractivity contribution is 5.97. The molecule has 0 spiro atoms. The van der Waals surface area contributed by atoms with Crippen molar-refractivity contribution in [3.05, 3.63) is 29.8 Å². The van der Waals surface area contributed by atoms with E-state index < -0.39 is 0 Å². The topological polar surface area (TPSA) is 41.6 Å². The average Bonchev–Trinajstić information content (AvgIpc) is 2.54. The first-order valence-corrected chi connectivity index (χ1v) is 8.03. The van der Waals surface area contributed by atoms with Crippen LogP contribution in [0.3, 0.4) is 0 Å². The van der Waals surface area contributed by atoms with E-state index in [0.717, 1.165) is 13.0 Å². The zero-order valence-electron chi connectivity index (χ0n) is 12.7. The van der Waals surface area contributed by atoms with Crippen molar-refractivity contribution in [1.29, 1.82) is 0 Å². The standard InChI is InChI=1S/C17H24N2O2/c1-2-11-21-16-6-4-3-5-14(16)17(20)18-15-12-19-9-7-13(15)8-10-19/h3-6,13,15H,2,7-12H2,1H3,(H,18,20)/t15-/m0/s1.